The zero-order valence-electron chi connectivity index (χ0n) is 15.7. The van der Waals surface area contributed by atoms with Gasteiger partial charge in [0.25, 0.3) is 0 Å². The topological polar surface area (TPSA) is 60.9 Å². The molecule has 0 aromatic heterocycles. The molecule has 2 heterocycles. The van der Waals surface area contributed by atoms with Crippen LogP contribution in [0.25, 0.3) is 0 Å². The van der Waals surface area contributed by atoms with Crippen LogP contribution in [0.3, 0.4) is 0 Å². The summed E-state index contributed by atoms with van der Waals surface area (Å²) in [6.07, 6.45) is 5.03. The van der Waals surface area contributed by atoms with Crippen LogP contribution >= 0.6 is 0 Å². The first-order chi connectivity index (χ1) is 12.6. The van der Waals surface area contributed by atoms with Gasteiger partial charge in [-0.2, -0.15) is 0 Å². The van der Waals surface area contributed by atoms with Gasteiger partial charge in [-0.1, -0.05) is 19.1 Å². The second-order valence-corrected chi connectivity index (χ2v) is 7.69. The van der Waals surface area contributed by atoms with E-state index >= 15 is 0 Å². The Kier molecular flexibility index (Phi) is 6.30. The largest absolute Gasteiger partial charge is 0.478 e. The first-order valence-electron chi connectivity index (χ1n) is 9.90. The summed E-state index contributed by atoms with van der Waals surface area (Å²) in [4.78, 5) is 28.3. The number of amides is 1. The van der Waals surface area contributed by atoms with Crippen molar-refractivity contribution in [2.75, 3.05) is 32.7 Å². The first-order valence-corrected chi connectivity index (χ1v) is 9.90. The summed E-state index contributed by atoms with van der Waals surface area (Å²) >= 11 is 0. The number of carbonyl (C=O) groups is 2. The highest BCUT2D eigenvalue weighted by Crippen LogP contribution is 2.29. The number of hydrogen-bond acceptors (Lipinski definition) is 3. The van der Waals surface area contributed by atoms with Crippen LogP contribution in [0.15, 0.2) is 24.3 Å². The van der Waals surface area contributed by atoms with Gasteiger partial charge in [0.15, 0.2) is 0 Å². The van der Waals surface area contributed by atoms with Gasteiger partial charge in [-0.15, -0.1) is 0 Å². The van der Waals surface area contributed by atoms with Gasteiger partial charge >= 0.3 is 5.97 Å². The van der Waals surface area contributed by atoms with E-state index in [1.54, 1.807) is 12.1 Å². The quantitative estimate of drug-likeness (QED) is 0.878. The van der Waals surface area contributed by atoms with Crippen LogP contribution in [0.2, 0.25) is 0 Å². The number of nitrogens with zero attached hydrogens (tertiary/aromatic N) is 2. The van der Waals surface area contributed by atoms with Crippen LogP contribution in [0.5, 0.6) is 0 Å². The van der Waals surface area contributed by atoms with Gasteiger partial charge < -0.3 is 14.9 Å². The molecule has 2 aliphatic rings. The van der Waals surface area contributed by atoms with Crippen LogP contribution in [-0.4, -0.2) is 59.5 Å². The number of piperidine rings is 2. The summed E-state index contributed by atoms with van der Waals surface area (Å²) < 4.78 is 0. The van der Waals surface area contributed by atoms with Crippen LogP contribution in [-0.2, 0) is 4.79 Å². The fourth-order valence-electron chi connectivity index (χ4n) is 4.26. The van der Waals surface area contributed by atoms with Gasteiger partial charge in [0.2, 0.25) is 5.91 Å². The third-order valence-corrected chi connectivity index (χ3v) is 6.02. The second kappa shape index (κ2) is 8.67. The van der Waals surface area contributed by atoms with Crippen molar-refractivity contribution in [2.45, 2.75) is 44.9 Å². The van der Waals surface area contributed by atoms with Gasteiger partial charge in [-0.3, -0.25) is 4.79 Å². The molecule has 0 aliphatic carbocycles. The lowest BCUT2D eigenvalue weighted by Gasteiger charge is -2.35. The molecule has 0 unspecified atom stereocenters. The summed E-state index contributed by atoms with van der Waals surface area (Å²) in [5.41, 5.74) is 1.46. The van der Waals surface area contributed by atoms with Crippen molar-refractivity contribution in [3.63, 3.8) is 0 Å². The van der Waals surface area contributed by atoms with E-state index in [0.29, 0.717) is 29.7 Å². The van der Waals surface area contributed by atoms with Crippen molar-refractivity contribution in [1.82, 2.24) is 9.80 Å². The molecule has 1 amide bonds. The van der Waals surface area contributed by atoms with Gasteiger partial charge in [-0.05, 0) is 68.9 Å². The van der Waals surface area contributed by atoms with Crippen LogP contribution in [0.4, 0.5) is 0 Å². The molecule has 2 fully saturated rings. The van der Waals surface area contributed by atoms with E-state index in [4.69, 9.17) is 5.11 Å². The van der Waals surface area contributed by atoms with Crippen LogP contribution < -0.4 is 0 Å². The minimum atomic E-state index is -0.897. The third-order valence-electron chi connectivity index (χ3n) is 6.02. The van der Waals surface area contributed by atoms with E-state index in [-0.39, 0.29) is 0 Å². The van der Waals surface area contributed by atoms with Crippen molar-refractivity contribution in [3.8, 4) is 0 Å². The number of rotatable bonds is 5. The molecule has 5 heteroatoms. The molecule has 1 N–H and O–H groups in total. The molecule has 26 heavy (non-hydrogen) atoms. The Morgan fingerprint density at radius 2 is 1.77 bits per heavy atom. The summed E-state index contributed by atoms with van der Waals surface area (Å²) in [5, 5.41) is 9.03. The van der Waals surface area contributed by atoms with Gasteiger partial charge in [0.1, 0.15) is 0 Å². The molecule has 1 aromatic carbocycles. The lowest BCUT2D eigenvalue weighted by atomic mass is 9.88. The Bertz CT molecular complexity index is 621. The maximum Gasteiger partial charge on any atom is 0.335 e. The van der Waals surface area contributed by atoms with E-state index in [0.717, 1.165) is 64.0 Å². The van der Waals surface area contributed by atoms with Gasteiger partial charge in [-0.25, -0.2) is 4.79 Å². The number of carboxylic acids is 1. The summed E-state index contributed by atoms with van der Waals surface area (Å²) in [7, 11) is 0. The van der Waals surface area contributed by atoms with E-state index in [1.807, 2.05) is 17.0 Å². The smallest absolute Gasteiger partial charge is 0.335 e. The fourth-order valence-corrected chi connectivity index (χ4v) is 4.26. The predicted octanol–water partition coefficient (Wildman–Crippen LogP) is 3.21. The van der Waals surface area contributed by atoms with E-state index in [2.05, 4.69) is 11.8 Å². The summed E-state index contributed by atoms with van der Waals surface area (Å²) in [6, 6.07) is 7.14. The molecule has 1 atom stereocenters. The third kappa shape index (κ3) is 4.64. The predicted molar refractivity (Wildman–Crippen MR) is 101 cm³/mol. The lowest BCUT2D eigenvalue weighted by molar-refractivity contribution is -0.133. The molecule has 2 aliphatic heterocycles. The first kappa shape index (κ1) is 18.9. The summed E-state index contributed by atoms with van der Waals surface area (Å²) in [6.45, 7) is 7.16. The standard InChI is InChI=1S/C21H30N2O3/c1-2-22-12-9-16(10-13-22)14-20(24)23-11-3-4-19(15-23)17-5-7-18(8-6-17)21(25)26/h5-8,16,19H,2-4,9-15H2,1H3,(H,25,26)/t19-/m1/s1. The maximum absolute atomic E-state index is 12.8. The molecule has 0 spiro atoms. The molecule has 5 nitrogen and oxygen atoms in total. The van der Waals surface area contributed by atoms with E-state index in [1.165, 1.54) is 0 Å². The molecule has 3 rings (SSSR count). The molecule has 0 saturated carbocycles. The van der Waals surface area contributed by atoms with E-state index in [9.17, 15) is 9.59 Å². The fraction of sp³-hybridized carbons (Fsp3) is 0.619. The average molecular weight is 358 g/mol. The molecule has 1 aromatic rings. The van der Waals surface area contributed by atoms with Gasteiger partial charge in [0, 0.05) is 25.4 Å². The Labute approximate surface area is 156 Å². The monoisotopic (exact) mass is 358 g/mol. The van der Waals surface area contributed by atoms with Crippen molar-refractivity contribution in [3.05, 3.63) is 35.4 Å². The number of likely N-dealkylation sites (tertiary alicyclic amines) is 2. The minimum absolute atomic E-state index is 0.298. The Morgan fingerprint density at radius 1 is 1.08 bits per heavy atom. The highest BCUT2D eigenvalue weighted by atomic mass is 16.4. The Balaban J connectivity index is 1.54. The van der Waals surface area contributed by atoms with Crippen molar-refractivity contribution < 1.29 is 14.7 Å². The van der Waals surface area contributed by atoms with Crippen molar-refractivity contribution in [1.29, 1.82) is 0 Å². The lowest BCUT2D eigenvalue weighted by Crippen LogP contribution is -2.41. The number of aromatic carboxylic acids is 1. The highest BCUT2D eigenvalue weighted by Gasteiger charge is 2.27. The SMILES string of the molecule is CCN1CCC(CC(=O)N2CCC[C@@H](c3ccc(C(=O)O)cc3)C2)CC1. The molecule has 2 saturated heterocycles. The van der Waals surface area contributed by atoms with Crippen molar-refractivity contribution >= 4 is 11.9 Å². The molecular formula is C21H30N2O3. The summed E-state index contributed by atoms with van der Waals surface area (Å²) in [5.74, 6) is 0.246. The Morgan fingerprint density at radius 3 is 2.38 bits per heavy atom. The van der Waals surface area contributed by atoms with Crippen LogP contribution in [0, 0.1) is 5.92 Å². The molecule has 142 valence electrons. The number of carboxylic acid groups (broad SMARTS) is 1. The number of hydrogen-bond donors (Lipinski definition) is 1. The molecule has 0 radical (unpaired) electrons. The number of carbonyl (C=O) groups excluding carboxylic acids is 1. The van der Waals surface area contributed by atoms with Gasteiger partial charge in [0.05, 0.1) is 5.56 Å². The van der Waals surface area contributed by atoms with Crippen LogP contribution in [0.1, 0.15) is 60.9 Å². The van der Waals surface area contributed by atoms with E-state index < -0.39 is 5.97 Å². The number of benzene rings is 1. The second-order valence-electron chi connectivity index (χ2n) is 7.69. The molecule has 0 bridgehead atoms. The zero-order chi connectivity index (χ0) is 18.5. The normalized spacial score (nSPS) is 22.3. The van der Waals surface area contributed by atoms with Crippen molar-refractivity contribution in [2.24, 2.45) is 5.92 Å². The zero-order valence-corrected chi connectivity index (χ0v) is 15.7. The highest BCUT2D eigenvalue weighted by molar-refractivity contribution is 5.87. The Hall–Kier alpha value is -1.88. The maximum atomic E-state index is 12.8. The minimum Gasteiger partial charge on any atom is -0.478 e. The molecular weight excluding hydrogens is 328 g/mol. The average Bonchev–Trinajstić information content (AvgIpc) is 2.68.